The Balaban J connectivity index is 0.00000144. The van der Waals surface area contributed by atoms with Crippen molar-refractivity contribution in [3.63, 3.8) is 0 Å². The number of piperidine rings is 1. The second-order valence-corrected chi connectivity index (χ2v) is 2.87. The Morgan fingerprint density at radius 1 is 1.77 bits per heavy atom. The monoisotopic (exact) mass is 209 g/mol. The zero-order valence-corrected chi connectivity index (χ0v) is 8.47. The van der Waals surface area contributed by atoms with E-state index in [1.165, 1.54) is 0 Å². The number of halogens is 1. The molecule has 0 radical (unpaired) electrons. The molecule has 0 amide bonds. The maximum atomic E-state index is 11.2. The van der Waals surface area contributed by atoms with Crippen molar-refractivity contribution in [3.05, 3.63) is 0 Å². The Labute approximate surface area is 84.1 Å². The number of hydrogen-bond acceptors (Lipinski definition) is 4. The third kappa shape index (κ3) is 3.60. The van der Waals surface area contributed by atoms with Crippen molar-refractivity contribution in [1.29, 1.82) is 0 Å². The third-order valence-corrected chi connectivity index (χ3v) is 2.01. The number of ketones is 1. The number of ether oxygens (including phenoxy) is 1. The van der Waals surface area contributed by atoms with Crippen molar-refractivity contribution in [2.75, 3.05) is 19.7 Å². The Hall–Kier alpha value is -0.160. The van der Waals surface area contributed by atoms with Gasteiger partial charge in [0.2, 0.25) is 0 Å². The van der Waals surface area contributed by atoms with Gasteiger partial charge in [-0.05, 0) is 6.92 Å². The summed E-state index contributed by atoms with van der Waals surface area (Å²) in [6.07, 6.45) is -0.440. The molecular formula is C8H16ClNO3. The first kappa shape index (κ1) is 12.8. The summed E-state index contributed by atoms with van der Waals surface area (Å²) in [5.74, 6) is -0.284. The van der Waals surface area contributed by atoms with Crippen molar-refractivity contribution in [1.82, 2.24) is 5.32 Å². The summed E-state index contributed by atoms with van der Waals surface area (Å²) in [6.45, 7) is 3.48. The SMILES string of the molecule is CCOC(O)C1CNCCC1=O.Cl. The van der Waals surface area contributed by atoms with Gasteiger partial charge < -0.3 is 15.2 Å². The highest BCUT2D eigenvalue weighted by atomic mass is 35.5. The van der Waals surface area contributed by atoms with Crippen molar-refractivity contribution < 1.29 is 14.6 Å². The van der Waals surface area contributed by atoms with Crippen molar-refractivity contribution in [2.45, 2.75) is 19.6 Å². The first-order chi connectivity index (χ1) is 5.75. The molecule has 0 aromatic carbocycles. The average molecular weight is 210 g/mol. The summed E-state index contributed by atoms with van der Waals surface area (Å²) in [6, 6.07) is 0. The second kappa shape index (κ2) is 6.32. The predicted octanol–water partition coefficient (Wildman–Crippen LogP) is -0.0583. The van der Waals surface area contributed by atoms with E-state index >= 15 is 0 Å². The van der Waals surface area contributed by atoms with Crippen LogP contribution in [-0.2, 0) is 9.53 Å². The number of carbonyl (C=O) groups is 1. The van der Waals surface area contributed by atoms with E-state index < -0.39 is 6.29 Å². The molecule has 1 rings (SSSR count). The highest BCUT2D eigenvalue weighted by molar-refractivity contribution is 5.85. The third-order valence-electron chi connectivity index (χ3n) is 2.01. The number of aliphatic hydroxyl groups is 1. The quantitative estimate of drug-likeness (QED) is 0.640. The molecule has 78 valence electrons. The highest BCUT2D eigenvalue weighted by Crippen LogP contribution is 2.11. The van der Waals surface area contributed by atoms with Crippen LogP contribution in [0.25, 0.3) is 0 Å². The van der Waals surface area contributed by atoms with E-state index in [-0.39, 0.29) is 24.1 Å². The number of aliphatic hydroxyl groups excluding tert-OH is 1. The number of rotatable bonds is 3. The molecule has 0 spiro atoms. The maximum absolute atomic E-state index is 11.2. The lowest BCUT2D eigenvalue weighted by atomic mass is 9.97. The van der Waals surface area contributed by atoms with Gasteiger partial charge in [0.25, 0.3) is 0 Å². The van der Waals surface area contributed by atoms with Crippen LogP contribution in [0.2, 0.25) is 0 Å². The first-order valence-corrected chi connectivity index (χ1v) is 4.28. The van der Waals surface area contributed by atoms with Crippen molar-refractivity contribution >= 4 is 18.2 Å². The van der Waals surface area contributed by atoms with Crippen LogP contribution < -0.4 is 5.32 Å². The number of hydrogen-bond donors (Lipinski definition) is 2. The zero-order chi connectivity index (χ0) is 8.97. The van der Waals surface area contributed by atoms with E-state index in [2.05, 4.69) is 5.32 Å². The van der Waals surface area contributed by atoms with Gasteiger partial charge in [0.1, 0.15) is 5.78 Å². The normalized spacial score (nSPS) is 25.1. The lowest BCUT2D eigenvalue weighted by Crippen LogP contribution is -2.44. The van der Waals surface area contributed by atoms with Crippen molar-refractivity contribution in [2.24, 2.45) is 5.92 Å². The molecule has 1 aliphatic heterocycles. The van der Waals surface area contributed by atoms with Gasteiger partial charge in [-0.15, -0.1) is 12.4 Å². The molecule has 1 fully saturated rings. The number of Topliss-reactive ketones (excluding diaryl/α,β-unsaturated/α-hetero) is 1. The average Bonchev–Trinajstić information content (AvgIpc) is 2.05. The summed E-state index contributed by atoms with van der Waals surface area (Å²) in [4.78, 5) is 11.2. The summed E-state index contributed by atoms with van der Waals surface area (Å²) < 4.78 is 4.95. The summed E-state index contributed by atoms with van der Waals surface area (Å²) >= 11 is 0. The Morgan fingerprint density at radius 3 is 3.00 bits per heavy atom. The minimum absolute atomic E-state index is 0. The minimum Gasteiger partial charge on any atom is -0.367 e. The van der Waals surface area contributed by atoms with Gasteiger partial charge >= 0.3 is 0 Å². The number of nitrogens with one attached hydrogen (secondary N) is 1. The van der Waals surface area contributed by atoms with Crippen LogP contribution in [0.5, 0.6) is 0 Å². The molecule has 1 saturated heterocycles. The molecule has 2 unspecified atom stereocenters. The molecule has 5 heteroatoms. The van der Waals surface area contributed by atoms with Crippen LogP contribution in [0, 0.1) is 5.92 Å². The van der Waals surface area contributed by atoms with Gasteiger partial charge in [-0.25, -0.2) is 0 Å². The largest absolute Gasteiger partial charge is 0.367 e. The Morgan fingerprint density at radius 2 is 2.46 bits per heavy atom. The lowest BCUT2D eigenvalue weighted by molar-refractivity contribution is -0.154. The molecule has 0 aromatic heterocycles. The van der Waals surface area contributed by atoms with Crippen LogP contribution in [0.3, 0.4) is 0 Å². The van der Waals surface area contributed by atoms with Gasteiger partial charge in [0.05, 0.1) is 5.92 Å². The van der Waals surface area contributed by atoms with Crippen LogP contribution in [0.1, 0.15) is 13.3 Å². The predicted molar refractivity (Wildman–Crippen MR) is 50.9 cm³/mol. The van der Waals surface area contributed by atoms with Crippen LogP contribution >= 0.6 is 12.4 Å². The molecule has 2 atom stereocenters. The maximum Gasteiger partial charge on any atom is 0.165 e. The molecule has 1 aliphatic rings. The van der Waals surface area contributed by atoms with Gasteiger partial charge in [-0.2, -0.15) is 0 Å². The fraction of sp³-hybridized carbons (Fsp3) is 0.875. The van der Waals surface area contributed by atoms with Crippen LogP contribution in [-0.4, -0.2) is 36.9 Å². The molecule has 0 aliphatic carbocycles. The van der Waals surface area contributed by atoms with Gasteiger partial charge in [0.15, 0.2) is 6.29 Å². The van der Waals surface area contributed by atoms with Crippen LogP contribution in [0.4, 0.5) is 0 Å². The van der Waals surface area contributed by atoms with Gasteiger partial charge in [0, 0.05) is 26.1 Å². The Kier molecular flexibility index (Phi) is 6.24. The first-order valence-electron chi connectivity index (χ1n) is 4.28. The van der Waals surface area contributed by atoms with Crippen molar-refractivity contribution in [3.8, 4) is 0 Å². The number of carbonyl (C=O) groups excluding carboxylic acids is 1. The molecule has 0 bridgehead atoms. The lowest BCUT2D eigenvalue weighted by Gasteiger charge is -2.25. The Bertz CT molecular complexity index is 165. The molecular weight excluding hydrogens is 194 g/mol. The van der Waals surface area contributed by atoms with Gasteiger partial charge in [-0.1, -0.05) is 0 Å². The summed E-state index contributed by atoms with van der Waals surface area (Å²) in [5, 5.41) is 12.4. The summed E-state index contributed by atoms with van der Waals surface area (Å²) in [5.41, 5.74) is 0. The van der Waals surface area contributed by atoms with E-state index in [0.717, 1.165) is 0 Å². The fourth-order valence-corrected chi connectivity index (χ4v) is 1.32. The molecule has 4 nitrogen and oxygen atoms in total. The second-order valence-electron chi connectivity index (χ2n) is 2.87. The topological polar surface area (TPSA) is 58.6 Å². The van der Waals surface area contributed by atoms with E-state index in [9.17, 15) is 9.90 Å². The van der Waals surface area contributed by atoms with E-state index in [4.69, 9.17) is 4.74 Å². The van der Waals surface area contributed by atoms with E-state index in [1.54, 1.807) is 6.92 Å². The van der Waals surface area contributed by atoms with E-state index in [1.807, 2.05) is 0 Å². The molecule has 1 heterocycles. The van der Waals surface area contributed by atoms with Gasteiger partial charge in [-0.3, -0.25) is 4.79 Å². The van der Waals surface area contributed by atoms with Crippen LogP contribution in [0.15, 0.2) is 0 Å². The zero-order valence-electron chi connectivity index (χ0n) is 7.66. The fourth-order valence-electron chi connectivity index (χ4n) is 1.32. The van der Waals surface area contributed by atoms with E-state index in [0.29, 0.717) is 26.1 Å². The molecule has 0 saturated carbocycles. The molecule has 13 heavy (non-hydrogen) atoms. The summed E-state index contributed by atoms with van der Waals surface area (Å²) in [7, 11) is 0. The smallest absolute Gasteiger partial charge is 0.165 e. The highest BCUT2D eigenvalue weighted by Gasteiger charge is 2.28. The minimum atomic E-state index is -0.935. The molecule has 0 aromatic rings. The standard InChI is InChI=1S/C8H15NO3.ClH/c1-2-12-8(11)6-5-9-4-3-7(6)10;/h6,8-9,11H,2-5H2,1H3;1H. The molecule has 2 N–H and O–H groups in total.